The predicted octanol–water partition coefficient (Wildman–Crippen LogP) is 1.81. The molecule has 0 atom stereocenters. The fraction of sp³-hybridized carbons (Fsp3) is 0.667. The predicted molar refractivity (Wildman–Crippen MR) is 78.3 cm³/mol. The maximum atomic E-state index is 12.2. The second-order valence-corrected chi connectivity index (χ2v) is 6.18. The molecule has 21 heavy (non-hydrogen) atoms. The Hall–Kier alpha value is -1.69. The molecule has 2 aliphatic rings. The van der Waals surface area contributed by atoms with E-state index < -0.39 is 0 Å². The fourth-order valence-corrected chi connectivity index (χ4v) is 3.25. The highest BCUT2D eigenvalue weighted by atomic mass is 16.5. The van der Waals surface area contributed by atoms with Gasteiger partial charge in [0.25, 0.3) is 5.56 Å². The van der Waals surface area contributed by atoms with E-state index in [1.54, 1.807) is 6.20 Å². The van der Waals surface area contributed by atoms with Crippen LogP contribution in [0, 0.1) is 5.92 Å². The van der Waals surface area contributed by atoms with Crippen molar-refractivity contribution in [1.29, 1.82) is 0 Å². The van der Waals surface area contributed by atoms with Crippen molar-refractivity contribution in [3.63, 3.8) is 0 Å². The fourth-order valence-electron chi connectivity index (χ4n) is 3.25. The molecule has 0 unspecified atom stereocenters. The van der Waals surface area contributed by atoms with Gasteiger partial charge in [-0.3, -0.25) is 4.79 Å². The lowest BCUT2D eigenvalue weighted by molar-refractivity contribution is 0.0673. The third-order valence-corrected chi connectivity index (χ3v) is 4.76. The molecule has 1 aliphatic heterocycles. The number of fused-ring (bicyclic) bond motifs is 1. The second-order valence-electron chi connectivity index (χ2n) is 6.18. The number of hydrogen-bond donors (Lipinski definition) is 1. The van der Waals surface area contributed by atoms with Gasteiger partial charge in [0, 0.05) is 19.6 Å². The van der Waals surface area contributed by atoms with Gasteiger partial charge in [0.15, 0.2) is 5.65 Å². The van der Waals surface area contributed by atoms with E-state index in [2.05, 4.69) is 10.1 Å². The average molecular weight is 288 g/mol. The van der Waals surface area contributed by atoms with E-state index in [0.717, 1.165) is 43.9 Å². The van der Waals surface area contributed by atoms with Gasteiger partial charge in [0.05, 0.1) is 12.2 Å². The van der Waals surface area contributed by atoms with E-state index >= 15 is 0 Å². The molecule has 1 saturated heterocycles. The van der Waals surface area contributed by atoms with E-state index in [1.807, 2.05) is 4.68 Å². The zero-order chi connectivity index (χ0) is 14.2. The monoisotopic (exact) mass is 288 g/mol. The Labute approximate surface area is 122 Å². The third kappa shape index (κ3) is 2.37. The normalized spacial score (nSPS) is 20.8. The lowest BCUT2D eigenvalue weighted by Crippen LogP contribution is -2.22. The van der Waals surface area contributed by atoms with Gasteiger partial charge in [-0.15, -0.1) is 0 Å². The summed E-state index contributed by atoms with van der Waals surface area (Å²) < 4.78 is 7.33. The number of H-pyrrole nitrogens is 1. The number of aromatic nitrogens is 4. The number of hydrogen-bond acceptors (Lipinski definition) is 4. The first kappa shape index (κ1) is 13.0. The van der Waals surface area contributed by atoms with Crippen LogP contribution < -0.4 is 5.56 Å². The van der Waals surface area contributed by atoms with Crippen molar-refractivity contribution in [2.75, 3.05) is 13.2 Å². The topological polar surface area (TPSA) is 72.8 Å². The maximum absolute atomic E-state index is 12.2. The Morgan fingerprint density at radius 3 is 2.81 bits per heavy atom. The van der Waals surface area contributed by atoms with Crippen molar-refractivity contribution < 1.29 is 4.74 Å². The summed E-state index contributed by atoms with van der Waals surface area (Å²) in [5.74, 6) is 1.50. The summed E-state index contributed by atoms with van der Waals surface area (Å²) in [5.41, 5.74) is 0.674. The van der Waals surface area contributed by atoms with Crippen LogP contribution in [0.2, 0.25) is 0 Å². The van der Waals surface area contributed by atoms with E-state index in [1.165, 1.54) is 19.3 Å². The lowest BCUT2D eigenvalue weighted by atomic mass is 9.83. The molecule has 2 fully saturated rings. The van der Waals surface area contributed by atoms with Gasteiger partial charge in [-0.05, 0) is 18.8 Å². The van der Waals surface area contributed by atoms with E-state index in [4.69, 9.17) is 9.72 Å². The van der Waals surface area contributed by atoms with Crippen molar-refractivity contribution in [2.24, 2.45) is 5.92 Å². The molecule has 1 N–H and O–H groups in total. The molecule has 0 spiro atoms. The number of rotatable bonds is 3. The quantitative estimate of drug-likeness (QED) is 0.935. The summed E-state index contributed by atoms with van der Waals surface area (Å²) in [7, 11) is 0. The number of aromatic amines is 1. The first-order valence-electron chi connectivity index (χ1n) is 7.85. The molecule has 112 valence electrons. The van der Waals surface area contributed by atoms with Crippen molar-refractivity contribution in [3.8, 4) is 0 Å². The molecule has 6 nitrogen and oxygen atoms in total. The summed E-state index contributed by atoms with van der Waals surface area (Å²) in [5, 5.41) is 5.01. The summed E-state index contributed by atoms with van der Waals surface area (Å²) in [6.45, 7) is 1.51. The van der Waals surface area contributed by atoms with Crippen LogP contribution >= 0.6 is 0 Å². The molecule has 1 saturated carbocycles. The molecule has 3 heterocycles. The summed E-state index contributed by atoms with van der Waals surface area (Å²) in [6, 6.07) is 0.294. The van der Waals surface area contributed by atoms with Crippen molar-refractivity contribution in [3.05, 3.63) is 22.4 Å². The van der Waals surface area contributed by atoms with Crippen LogP contribution in [0.3, 0.4) is 0 Å². The zero-order valence-electron chi connectivity index (χ0n) is 12.0. The average Bonchev–Trinajstić information content (AvgIpc) is 2.88. The zero-order valence-corrected chi connectivity index (χ0v) is 12.0. The summed E-state index contributed by atoms with van der Waals surface area (Å²) in [6.07, 6.45) is 8.19. The largest absolute Gasteiger partial charge is 0.381 e. The van der Waals surface area contributed by atoms with E-state index in [0.29, 0.717) is 17.3 Å². The van der Waals surface area contributed by atoms with Crippen LogP contribution in [0.25, 0.3) is 11.0 Å². The van der Waals surface area contributed by atoms with Gasteiger partial charge < -0.3 is 9.72 Å². The van der Waals surface area contributed by atoms with Gasteiger partial charge in [-0.25, -0.2) is 9.67 Å². The minimum Gasteiger partial charge on any atom is -0.381 e. The third-order valence-electron chi connectivity index (χ3n) is 4.76. The Kier molecular flexibility index (Phi) is 3.25. The van der Waals surface area contributed by atoms with Crippen LogP contribution in [0.1, 0.15) is 44.0 Å². The van der Waals surface area contributed by atoms with Gasteiger partial charge in [-0.1, -0.05) is 19.3 Å². The second kappa shape index (κ2) is 5.26. The standard InChI is InChI=1S/C15H20N4O2/c20-15-12-9-16-19(11-4-6-21-7-5-11)14(12)17-13(18-15)8-10-2-1-3-10/h9-11H,1-8H2,(H,17,18,20). The molecule has 0 bridgehead atoms. The van der Waals surface area contributed by atoms with Gasteiger partial charge in [0.1, 0.15) is 11.2 Å². The molecule has 6 heteroatoms. The molecule has 1 aliphatic carbocycles. The Bertz CT molecular complexity index is 695. The van der Waals surface area contributed by atoms with E-state index in [-0.39, 0.29) is 5.56 Å². The summed E-state index contributed by atoms with van der Waals surface area (Å²) >= 11 is 0. The number of nitrogens with zero attached hydrogens (tertiary/aromatic N) is 3. The first-order valence-corrected chi connectivity index (χ1v) is 7.85. The van der Waals surface area contributed by atoms with Crippen molar-refractivity contribution in [1.82, 2.24) is 19.7 Å². The van der Waals surface area contributed by atoms with E-state index in [9.17, 15) is 4.79 Å². The Morgan fingerprint density at radius 2 is 2.10 bits per heavy atom. The molecule has 2 aromatic heterocycles. The van der Waals surface area contributed by atoms with Crippen LogP contribution in [0.5, 0.6) is 0 Å². The van der Waals surface area contributed by atoms with Gasteiger partial charge in [0.2, 0.25) is 0 Å². The highest BCUT2D eigenvalue weighted by molar-refractivity contribution is 5.73. The van der Waals surface area contributed by atoms with Crippen LogP contribution in [-0.4, -0.2) is 33.0 Å². The van der Waals surface area contributed by atoms with Gasteiger partial charge in [-0.2, -0.15) is 5.10 Å². The Balaban J connectivity index is 1.71. The minimum absolute atomic E-state index is 0.0624. The molecule has 2 aromatic rings. The highest BCUT2D eigenvalue weighted by Crippen LogP contribution is 2.29. The lowest BCUT2D eigenvalue weighted by Gasteiger charge is -2.25. The van der Waals surface area contributed by atoms with Gasteiger partial charge >= 0.3 is 0 Å². The molecule has 0 amide bonds. The van der Waals surface area contributed by atoms with Crippen molar-refractivity contribution in [2.45, 2.75) is 44.6 Å². The molecule has 4 rings (SSSR count). The maximum Gasteiger partial charge on any atom is 0.262 e. The number of nitrogens with one attached hydrogen (secondary N) is 1. The van der Waals surface area contributed by atoms with Crippen LogP contribution in [0.4, 0.5) is 0 Å². The Morgan fingerprint density at radius 1 is 1.29 bits per heavy atom. The van der Waals surface area contributed by atoms with Crippen LogP contribution in [-0.2, 0) is 11.2 Å². The van der Waals surface area contributed by atoms with Crippen molar-refractivity contribution >= 4 is 11.0 Å². The van der Waals surface area contributed by atoms with Crippen LogP contribution in [0.15, 0.2) is 11.0 Å². The molecular formula is C15H20N4O2. The molecule has 0 aromatic carbocycles. The SMILES string of the molecule is O=c1[nH]c(CC2CCC2)nc2c1cnn2C1CCOCC1. The smallest absolute Gasteiger partial charge is 0.262 e. The highest BCUT2D eigenvalue weighted by Gasteiger charge is 2.22. The molecular weight excluding hydrogens is 268 g/mol. The number of ether oxygens (including phenoxy) is 1. The minimum atomic E-state index is -0.0624. The molecule has 0 radical (unpaired) electrons. The summed E-state index contributed by atoms with van der Waals surface area (Å²) in [4.78, 5) is 19.8. The first-order chi connectivity index (χ1) is 10.3.